The molecule has 0 aromatic carbocycles. The lowest BCUT2D eigenvalue weighted by Gasteiger charge is -2.19. The van der Waals surface area contributed by atoms with Crippen molar-refractivity contribution in [2.75, 3.05) is 13.7 Å². The number of ether oxygens (including phenoxy) is 1. The van der Waals surface area contributed by atoms with Gasteiger partial charge >= 0.3 is 0 Å². The predicted octanol–water partition coefficient (Wildman–Crippen LogP) is 1.61. The van der Waals surface area contributed by atoms with Crippen LogP contribution in [0.5, 0.6) is 0 Å². The summed E-state index contributed by atoms with van der Waals surface area (Å²) in [5.41, 5.74) is 0.968. The van der Waals surface area contributed by atoms with E-state index in [4.69, 9.17) is 15.1 Å². The topological polar surface area (TPSA) is 90.2 Å². The average molecular weight is 313 g/mol. The number of nitrogens with zero attached hydrogens (tertiary/aromatic N) is 1. The summed E-state index contributed by atoms with van der Waals surface area (Å²) in [5, 5.41) is 28.5. The zero-order chi connectivity index (χ0) is 16.7. The second kappa shape index (κ2) is 8.92. The standard InChI is InChI=1S/C16H27NO5/c1-11-10-14(5-4-8-18)22-15(11)7-6-13(19)9-12(2)16(20)17(3)21/h5,12-13,15,18-19,21H,1,4,6-10H2,2-3H3/b14-5+/t12-,13-,15?/m1/s1. The fourth-order valence-electron chi connectivity index (χ4n) is 2.54. The first-order valence-corrected chi connectivity index (χ1v) is 7.63. The van der Waals surface area contributed by atoms with Gasteiger partial charge < -0.3 is 14.9 Å². The zero-order valence-electron chi connectivity index (χ0n) is 13.4. The SMILES string of the molecule is C=C1C/C(=C\CCO)OC1CC[C@@H](O)C[C@@H](C)C(=O)N(C)O. The van der Waals surface area contributed by atoms with Gasteiger partial charge in [0.2, 0.25) is 5.91 Å². The molecule has 0 radical (unpaired) electrons. The summed E-state index contributed by atoms with van der Waals surface area (Å²) < 4.78 is 5.74. The van der Waals surface area contributed by atoms with Gasteiger partial charge in [-0.1, -0.05) is 13.5 Å². The van der Waals surface area contributed by atoms with Gasteiger partial charge in [0.25, 0.3) is 0 Å². The van der Waals surface area contributed by atoms with Crippen LogP contribution in [0.4, 0.5) is 0 Å². The number of amides is 1. The largest absolute Gasteiger partial charge is 0.490 e. The molecule has 0 aromatic heterocycles. The molecule has 1 rings (SSSR count). The highest BCUT2D eigenvalue weighted by Crippen LogP contribution is 2.31. The maximum absolute atomic E-state index is 11.5. The van der Waals surface area contributed by atoms with Crippen LogP contribution >= 0.6 is 0 Å². The van der Waals surface area contributed by atoms with Gasteiger partial charge in [-0.2, -0.15) is 0 Å². The number of hydrogen-bond donors (Lipinski definition) is 3. The smallest absolute Gasteiger partial charge is 0.248 e. The average Bonchev–Trinajstić information content (AvgIpc) is 2.82. The number of carbonyl (C=O) groups excluding carboxylic acids is 1. The summed E-state index contributed by atoms with van der Waals surface area (Å²) in [6.07, 6.45) is 3.79. The molecule has 1 amide bonds. The summed E-state index contributed by atoms with van der Waals surface area (Å²) in [4.78, 5) is 11.5. The monoisotopic (exact) mass is 313 g/mol. The molecule has 0 aromatic rings. The van der Waals surface area contributed by atoms with Gasteiger partial charge in [-0.15, -0.1) is 0 Å². The lowest BCUT2D eigenvalue weighted by molar-refractivity contribution is -0.164. The summed E-state index contributed by atoms with van der Waals surface area (Å²) in [5.74, 6) is -0.0171. The summed E-state index contributed by atoms with van der Waals surface area (Å²) >= 11 is 0. The minimum absolute atomic E-state index is 0.0912. The number of allylic oxidation sites excluding steroid dienone is 1. The van der Waals surface area contributed by atoms with Crippen LogP contribution in [0.15, 0.2) is 24.0 Å². The van der Waals surface area contributed by atoms with E-state index in [9.17, 15) is 9.90 Å². The molecule has 1 unspecified atom stereocenters. The van der Waals surface area contributed by atoms with Crippen LogP contribution in [0.3, 0.4) is 0 Å². The summed E-state index contributed by atoms with van der Waals surface area (Å²) in [6.45, 7) is 5.75. The van der Waals surface area contributed by atoms with E-state index in [0.29, 0.717) is 37.2 Å². The minimum atomic E-state index is -0.624. The molecule has 3 atom stereocenters. The van der Waals surface area contributed by atoms with Gasteiger partial charge in [0.05, 0.1) is 11.9 Å². The van der Waals surface area contributed by atoms with Gasteiger partial charge in [-0.25, -0.2) is 5.06 Å². The van der Waals surface area contributed by atoms with Crippen molar-refractivity contribution in [2.24, 2.45) is 5.92 Å². The Hall–Kier alpha value is -1.37. The Morgan fingerprint density at radius 1 is 1.59 bits per heavy atom. The van der Waals surface area contributed by atoms with Crippen LogP contribution in [0.1, 0.15) is 39.0 Å². The van der Waals surface area contributed by atoms with E-state index in [2.05, 4.69) is 6.58 Å². The number of hydroxylamine groups is 2. The minimum Gasteiger partial charge on any atom is -0.490 e. The van der Waals surface area contributed by atoms with Crippen LogP contribution in [0.2, 0.25) is 0 Å². The van der Waals surface area contributed by atoms with Gasteiger partial charge in [0.1, 0.15) is 6.10 Å². The van der Waals surface area contributed by atoms with Crippen LogP contribution in [0, 0.1) is 5.92 Å². The summed E-state index contributed by atoms with van der Waals surface area (Å²) in [6, 6.07) is 0. The number of aliphatic hydroxyl groups is 2. The molecule has 0 bridgehead atoms. The number of aliphatic hydroxyl groups excluding tert-OH is 2. The molecule has 1 saturated heterocycles. The Morgan fingerprint density at radius 3 is 2.86 bits per heavy atom. The molecule has 1 fully saturated rings. The van der Waals surface area contributed by atoms with E-state index in [1.54, 1.807) is 6.92 Å². The molecule has 0 aliphatic carbocycles. The van der Waals surface area contributed by atoms with Crippen molar-refractivity contribution >= 4 is 5.91 Å². The third kappa shape index (κ3) is 5.79. The van der Waals surface area contributed by atoms with Crippen molar-refractivity contribution in [3.05, 3.63) is 24.0 Å². The number of carbonyl (C=O) groups is 1. The van der Waals surface area contributed by atoms with E-state index in [0.717, 1.165) is 11.3 Å². The first kappa shape index (κ1) is 18.7. The second-order valence-electron chi connectivity index (χ2n) is 5.85. The van der Waals surface area contributed by atoms with E-state index in [1.165, 1.54) is 7.05 Å². The third-order valence-corrected chi connectivity index (χ3v) is 3.78. The fraction of sp³-hybridized carbons (Fsp3) is 0.688. The Labute approximate surface area is 131 Å². The van der Waals surface area contributed by atoms with Crippen LogP contribution in [0.25, 0.3) is 0 Å². The Bertz CT molecular complexity index is 419. The molecule has 6 heteroatoms. The molecule has 6 nitrogen and oxygen atoms in total. The maximum Gasteiger partial charge on any atom is 0.248 e. The molecule has 3 N–H and O–H groups in total. The fourth-order valence-corrected chi connectivity index (χ4v) is 2.54. The van der Waals surface area contributed by atoms with Gasteiger partial charge in [0.15, 0.2) is 0 Å². The molecule has 0 spiro atoms. The lowest BCUT2D eigenvalue weighted by Crippen LogP contribution is -2.31. The van der Waals surface area contributed by atoms with E-state index < -0.39 is 17.9 Å². The zero-order valence-corrected chi connectivity index (χ0v) is 13.4. The Balaban J connectivity index is 2.37. The van der Waals surface area contributed by atoms with Crippen molar-refractivity contribution in [1.82, 2.24) is 5.06 Å². The third-order valence-electron chi connectivity index (χ3n) is 3.78. The first-order valence-electron chi connectivity index (χ1n) is 7.63. The van der Waals surface area contributed by atoms with Crippen molar-refractivity contribution < 1.29 is 25.0 Å². The van der Waals surface area contributed by atoms with Crippen molar-refractivity contribution in [3.63, 3.8) is 0 Å². The van der Waals surface area contributed by atoms with Crippen LogP contribution in [-0.4, -0.2) is 52.3 Å². The molecule has 0 saturated carbocycles. The molecular weight excluding hydrogens is 286 g/mol. The molecule has 126 valence electrons. The summed E-state index contributed by atoms with van der Waals surface area (Å²) in [7, 11) is 1.28. The molecule has 22 heavy (non-hydrogen) atoms. The Kier molecular flexibility index (Phi) is 7.58. The lowest BCUT2D eigenvalue weighted by atomic mass is 9.97. The van der Waals surface area contributed by atoms with Crippen molar-refractivity contribution in [2.45, 2.75) is 51.2 Å². The number of hydrogen-bond acceptors (Lipinski definition) is 5. The predicted molar refractivity (Wildman–Crippen MR) is 82.0 cm³/mol. The maximum atomic E-state index is 11.5. The Morgan fingerprint density at radius 2 is 2.27 bits per heavy atom. The van der Waals surface area contributed by atoms with Gasteiger partial charge in [0, 0.05) is 26.0 Å². The second-order valence-corrected chi connectivity index (χ2v) is 5.85. The van der Waals surface area contributed by atoms with Gasteiger partial charge in [-0.3, -0.25) is 10.0 Å². The number of rotatable bonds is 8. The normalized spacial score (nSPS) is 22.5. The van der Waals surface area contributed by atoms with Crippen LogP contribution < -0.4 is 0 Å². The van der Waals surface area contributed by atoms with Crippen LogP contribution in [-0.2, 0) is 9.53 Å². The van der Waals surface area contributed by atoms with E-state index >= 15 is 0 Å². The van der Waals surface area contributed by atoms with E-state index in [-0.39, 0.29) is 12.7 Å². The van der Waals surface area contributed by atoms with Gasteiger partial charge in [-0.05, 0) is 37.3 Å². The first-order chi connectivity index (χ1) is 10.3. The highest BCUT2D eigenvalue weighted by atomic mass is 16.5. The molecule has 1 heterocycles. The molecule has 1 aliphatic heterocycles. The highest BCUT2D eigenvalue weighted by molar-refractivity contribution is 5.76. The van der Waals surface area contributed by atoms with E-state index in [1.807, 2.05) is 6.08 Å². The highest BCUT2D eigenvalue weighted by Gasteiger charge is 2.26. The van der Waals surface area contributed by atoms with Crippen molar-refractivity contribution in [3.8, 4) is 0 Å². The molecular formula is C16H27NO5. The van der Waals surface area contributed by atoms with Crippen molar-refractivity contribution in [1.29, 1.82) is 0 Å². The quantitative estimate of drug-likeness (QED) is 0.360. The molecule has 1 aliphatic rings.